The molecule has 1 saturated heterocycles. The van der Waals surface area contributed by atoms with Gasteiger partial charge in [0, 0.05) is 44.3 Å². The first-order valence-electron chi connectivity index (χ1n) is 8.45. The molecule has 0 radical (unpaired) electrons. The molecule has 7 heteroatoms. The summed E-state index contributed by atoms with van der Waals surface area (Å²) in [6.45, 7) is 6.15. The number of anilines is 3. The van der Waals surface area contributed by atoms with E-state index in [0.29, 0.717) is 10.7 Å². The number of para-hydroxylation sites is 2. The SMILES string of the molecule is Fc1cc(Cl)ccc1N1SN(CCN2CCNCC2)c2ccccc21. The second kappa shape index (κ2) is 7.41. The number of nitrogens with one attached hydrogen (secondary N) is 1. The topological polar surface area (TPSA) is 21.8 Å². The Hall–Kier alpha value is -1.47. The molecule has 2 aromatic carbocycles. The first-order chi connectivity index (χ1) is 12.2. The van der Waals surface area contributed by atoms with Gasteiger partial charge in [0.25, 0.3) is 0 Å². The summed E-state index contributed by atoms with van der Waals surface area (Å²) in [7, 11) is 0. The number of halogens is 2. The molecule has 0 aliphatic carbocycles. The van der Waals surface area contributed by atoms with E-state index in [1.54, 1.807) is 24.3 Å². The van der Waals surface area contributed by atoms with E-state index in [9.17, 15) is 4.39 Å². The number of fused-ring (bicyclic) bond motifs is 1. The van der Waals surface area contributed by atoms with Crippen LogP contribution in [0.2, 0.25) is 5.02 Å². The van der Waals surface area contributed by atoms with Crippen LogP contribution < -0.4 is 13.9 Å². The Bertz CT molecular complexity index is 754. The van der Waals surface area contributed by atoms with E-state index in [0.717, 1.165) is 50.6 Å². The summed E-state index contributed by atoms with van der Waals surface area (Å²) in [6.07, 6.45) is 0. The van der Waals surface area contributed by atoms with Gasteiger partial charge in [0.05, 0.1) is 29.2 Å². The standard InChI is InChI=1S/C18H20ClFN4S/c19-14-5-6-16(15(20)13-14)24-18-4-2-1-3-17(18)23(25-24)12-11-22-9-7-21-8-10-22/h1-6,13,21H,7-12H2. The molecule has 2 heterocycles. The van der Waals surface area contributed by atoms with E-state index < -0.39 is 0 Å². The molecule has 132 valence electrons. The van der Waals surface area contributed by atoms with E-state index >= 15 is 0 Å². The van der Waals surface area contributed by atoms with Crippen molar-refractivity contribution in [2.45, 2.75) is 0 Å². The van der Waals surface area contributed by atoms with Crippen LogP contribution in [0.25, 0.3) is 0 Å². The molecule has 0 atom stereocenters. The van der Waals surface area contributed by atoms with Gasteiger partial charge in [-0.05, 0) is 30.3 Å². The van der Waals surface area contributed by atoms with Gasteiger partial charge in [-0.15, -0.1) is 0 Å². The molecular weight excluding hydrogens is 359 g/mol. The number of rotatable bonds is 4. The van der Waals surface area contributed by atoms with Gasteiger partial charge in [0.1, 0.15) is 5.82 Å². The maximum absolute atomic E-state index is 14.4. The molecule has 1 N–H and O–H groups in total. The van der Waals surface area contributed by atoms with Crippen LogP contribution in [0.15, 0.2) is 42.5 Å². The number of nitrogens with zero attached hydrogens (tertiary/aromatic N) is 3. The molecule has 0 unspecified atom stereocenters. The smallest absolute Gasteiger partial charge is 0.149 e. The Morgan fingerprint density at radius 1 is 1.00 bits per heavy atom. The largest absolute Gasteiger partial charge is 0.314 e. The molecule has 2 aliphatic rings. The predicted molar refractivity (Wildman–Crippen MR) is 104 cm³/mol. The van der Waals surface area contributed by atoms with Gasteiger partial charge in [0.15, 0.2) is 0 Å². The lowest BCUT2D eigenvalue weighted by Gasteiger charge is -2.29. The third-order valence-electron chi connectivity index (χ3n) is 4.51. The van der Waals surface area contributed by atoms with Crippen LogP contribution in [-0.2, 0) is 0 Å². The van der Waals surface area contributed by atoms with Gasteiger partial charge in [-0.1, -0.05) is 23.7 Å². The highest BCUT2D eigenvalue weighted by Gasteiger charge is 2.30. The highest BCUT2D eigenvalue weighted by Crippen LogP contribution is 2.49. The molecule has 0 spiro atoms. The molecule has 1 fully saturated rings. The average molecular weight is 379 g/mol. The molecule has 0 aromatic heterocycles. The summed E-state index contributed by atoms with van der Waals surface area (Å²) in [4.78, 5) is 2.46. The van der Waals surface area contributed by atoms with E-state index in [1.807, 2.05) is 22.5 Å². The predicted octanol–water partition coefficient (Wildman–Crippen LogP) is 3.91. The third-order valence-corrected chi connectivity index (χ3v) is 5.88. The molecule has 25 heavy (non-hydrogen) atoms. The minimum atomic E-state index is -0.307. The van der Waals surface area contributed by atoms with E-state index in [-0.39, 0.29) is 5.82 Å². The molecule has 0 bridgehead atoms. The monoisotopic (exact) mass is 378 g/mol. The van der Waals surface area contributed by atoms with Crippen LogP contribution in [0.3, 0.4) is 0 Å². The van der Waals surface area contributed by atoms with Gasteiger partial charge in [-0.3, -0.25) is 13.5 Å². The molecule has 2 aromatic rings. The molecule has 0 amide bonds. The molecular formula is C18H20ClFN4S. The van der Waals surface area contributed by atoms with E-state index in [4.69, 9.17) is 11.6 Å². The first kappa shape index (κ1) is 17.0. The van der Waals surface area contributed by atoms with Crippen LogP contribution in [-0.4, -0.2) is 44.2 Å². The Balaban J connectivity index is 1.55. The minimum absolute atomic E-state index is 0.307. The van der Waals surface area contributed by atoms with Crippen LogP contribution >= 0.6 is 23.7 Å². The van der Waals surface area contributed by atoms with Crippen LogP contribution in [0.1, 0.15) is 0 Å². The molecule has 4 nitrogen and oxygen atoms in total. The highest BCUT2D eigenvalue weighted by atomic mass is 35.5. The van der Waals surface area contributed by atoms with E-state index in [1.165, 1.54) is 6.07 Å². The molecule has 2 aliphatic heterocycles. The van der Waals surface area contributed by atoms with Crippen LogP contribution in [0, 0.1) is 5.82 Å². The fourth-order valence-electron chi connectivity index (χ4n) is 3.18. The Morgan fingerprint density at radius 3 is 2.52 bits per heavy atom. The second-order valence-corrected chi connectivity index (χ2v) is 7.56. The molecule has 0 saturated carbocycles. The van der Waals surface area contributed by atoms with Gasteiger partial charge in [-0.25, -0.2) is 4.39 Å². The first-order valence-corrected chi connectivity index (χ1v) is 9.56. The van der Waals surface area contributed by atoms with Crippen molar-refractivity contribution in [2.75, 3.05) is 47.9 Å². The van der Waals surface area contributed by atoms with Crippen molar-refractivity contribution in [3.8, 4) is 0 Å². The zero-order chi connectivity index (χ0) is 17.2. The van der Waals surface area contributed by atoms with E-state index in [2.05, 4.69) is 20.6 Å². The van der Waals surface area contributed by atoms with Gasteiger partial charge in [-0.2, -0.15) is 0 Å². The van der Waals surface area contributed by atoms with Crippen molar-refractivity contribution < 1.29 is 4.39 Å². The van der Waals surface area contributed by atoms with Crippen molar-refractivity contribution in [1.29, 1.82) is 0 Å². The lowest BCUT2D eigenvalue weighted by Crippen LogP contribution is -2.45. The lowest BCUT2D eigenvalue weighted by molar-refractivity contribution is 0.248. The lowest BCUT2D eigenvalue weighted by atomic mass is 10.2. The number of hydrogen-bond donors (Lipinski definition) is 1. The summed E-state index contributed by atoms with van der Waals surface area (Å²) in [5, 5.41) is 3.79. The number of piperazine rings is 1. The Kier molecular flexibility index (Phi) is 5.03. The fourth-order valence-corrected chi connectivity index (χ4v) is 4.42. The number of benzene rings is 2. The maximum atomic E-state index is 14.4. The van der Waals surface area contributed by atoms with Gasteiger partial charge in [0.2, 0.25) is 0 Å². The summed E-state index contributed by atoms with van der Waals surface area (Å²) < 4.78 is 18.6. The third kappa shape index (κ3) is 3.58. The summed E-state index contributed by atoms with van der Waals surface area (Å²) in [6, 6.07) is 13.0. The minimum Gasteiger partial charge on any atom is -0.314 e. The second-order valence-electron chi connectivity index (χ2n) is 6.15. The highest BCUT2D eigenvalue weighted by molar-refractivity contribution is 8.02. The quantitative estimate of drug-likeness (QED) is 0.812. The maximum Gasteiger partial charge on any atom is 0.149 e. The number of hydrogen-bond acceptors (Lipinski definition) is 5. The zero-order valence-corrected chi connectivity index (χ0v) is 15.4. The van der Waals surface area contributed by atoms with Crippen molar-refractivity contribution in [3.05, 3.63) is 53.3 Å². The average Bonchev–Trinajstić information content (AvgIpc) is 3.00. The van der Waals surface area contributed by atoms with Crippen molar-refractivity contribution >= 4 is 40.8 Å². The van der Waals surface area contributed by atoms with Crippen molar-refractivity contribution in [2.24, 2.45) is 0 Å². The van der Waals surface area contributed by atoms with Crippen LogP contribution in [0.4, 0.5) is 21.5 Å². The van der Waals surface area contributed by atoms with Crippen molar-refractivity contribution in [3.63, 3.8) is 0 Å². The zero-order valence-electron chi connectivity index (χ0n) is 13.8. The summed E-state index contributed by atoms with van der Waals surface area (Å²) >= 11 is 7.44. The normalized spacial score (nSPS) is 17.8. The Labute approximate surface area is 156 Å². The fraction of sp³-hybridized carbons (Fsp3) is 0.333. The van der Waals surface area contributed by atoms with Gasteiger partial charge < -0.3 is 5.32 Å². The summed E-state index contributed by atoms with van der Waals surface area (Å²) in [5.74, 6) is -0.307. The van der Waals surface area contributed by atoms with Crippen LogP contribution in [0.5, 0.6) is 0 Å². The molecule has 4 rings (SSSR count). The van der Waals surface area contributed by atoms with Crippen molar-refractivity contribution in [1.82, 2.24) is 10.2 Å². The Morgan fingerprint density at radius 2 is 1.76 bits per heavy atom. The van der Waals surface area contributed by atoms with Gasteiger partial charge >= 0.3 is 0 Å². The summed E-state index contributed by atoms with van der Waals surface area (Å²) in [5.41, 5.74) is 2.66.